The maximum absolute atomic E-state index is 13.4. The highest BCUT2D eigenvalue weighted by molar-refractivity contribution is 9.10. The molecule has 3 nitrogen and oxygen atoms in total. The maximum Gasteiger partial charge on any atom is 0.139 e. The molecule has 0 radical (unpaired) electrons. The van der Waals surface area contributed by atoms with Gasteiger partial charge in [-0.25, -0.2) is 4.39 Å². The molecule has 1 aliphatic rings. The molecule has 1 aromatic carbocycles. The molecule has 0 atom stereocenters. The number of nitrogens with zero attached hydrogens (tertiary/aromatic N) is 1. The van der Waals surface area contributed by atoms with Gasteiger partial charge in [-0.15, -0.1) is 0 Å². The lowest BCUT2D eigenvalue weighted by Gasteiger charge is -2.15. The molecular formula is C13H19BrFN3. The number of halogens is 2. The Kier molecular flexibility index (Phi) is 4.83. The smallest absolute Gasteiger partial charge is 0.139 e. The third kappa shape index (κ3) is 3.59. The normalized spacial score (nSPS) is 16.1. The number of benzene rings is 1. The van der Waals surface area contributed by atoms with Gasteiger partial charge in [-0.3, -0.25) is 0 Å². The lowest BCUT2D eigenvalue weighted by atomic mass is 10.2. The Labute approximate surface area is 116 Å². The summed E-state index contributed by atoms with van der Waals surface area (Å²) in [6.07, 6.45) is 3.69. The van der Waals surface area contributed by atoms with Gasteiger partial charge in [0.15, 0.2) is 0 Å². The summed E-state index contributed by atoms with van der Waals surface area (Å²) in [5.74, 6) is -0.286. The number of likely N-dealkylation sites (tertiary alicyclic amines) is 1. The van der Waals surface area contributed by atoms with Crippen LogP contribution in [0.1, 0.15) is 19.3 Å². The van der Waals surface area contributed by atoms with Crippen molar-refractivity contribution >= 4 is 27.3 Å². The van der Waals surface area contributed by atoms with E-state index < -0.39 is 0 Å². The number of rotatable bonds is 5. The van der Waals surface area contributed by atoms with Crippen LogP contribution in [0.2, 0.25) is 0 Å². The van der Waals surface area contributed by atoms with Crippen LogP contribution in [0.25, 0.3) is 0 Å². The minimum atomic E-state index is -0.286. The van der Waals surface area contributed by atoms with E-state index in [1.54, 1.807) is 6.07 Å². The first-order chi connectivity index (χ1) is 8.66. The molecule has 0 amide bonds. The Morgan fingerprint density at radius 3 is 2.78 bits per heavy atom. The molecule has 3 N–H and O–H groups in total. The molecule has 18 heavy (non-hydrogen) atoms. The van der Waals surface area contributed by atoms with Crippen LogP contribution in [0.4, 0.5) is 15.8 Å². The van der Waals surface area contributed by atoms with Crippen LogP contribution in [0, 0.1) is 5.82 Å². The van der Waals surface area contributed by atoms with E-state index in [2.05, 4.69) is 26.1 Å². The van der Waals surface area contributed by atoms with E-state index in [1.807, 2.05) is 0 Å². The second-order valence-electron chi connectivity index (χ2n) is 4.68. The van der Waals surface area contributed by atoms with E-state index >= 15 is 0 Å². The monoisotopic (exact) mass is 315 g/mol. The van der Waals surface area contributed by atoms with Gasteiger partial charge in [0.05, 0.1) is 15.8 Å². The van der Waals surface area contributed by atoms with E-state index in [1.165, 1.54) is 32.0 Å². The van der Waals surface area contributed by atoms with Crippen LogP contribution >= 0.6 is 15.9 Å². The number of nitrogens with two attached hydrogens (primary N) is 1. The molecule has 0 saturated carbocycles. The van der Waals surface area contributed by atoms with Gasteiger partial charge in [-0.1, -0.05) is 0 Å². The molecule has 0 bridgehead atoms. The first-order valence-electron chi connectivity index (χ1n) is 6.37. The number of hydrogen-bond donors (Lipinski definition) is 2. The van der Waals surface area contributed by atoms with Crippen molar-refractivity contribution in [1.82, 2.24) is 4.90 Å². The predicted molar refractivity (Wildman–Crippen MR) is 77.3 cm³/mol. The Hall–Kier alpha value is -0.810. The topological polar surface area (TPSA) is 41.3 Å². The summed E-state index contributed by atoms with van der Waals surface area (Å²) in [4.78, 5) is 2.47. The Bertz CT molecular complexity index is 405. The summed E-state index contributed by atoms with van der Waals surface area (Å²) in [7, 11) is 0. The summed E-state index contributed by atoms with van der Waals surface area (Å²) >= 11 is 3.12. The van der Waals surface area contributed by atoms with Crippen molar-refractivity contribution in [2.45, 2.75) is 19.3 Å². The molecule has 2 rings (SSSR count). The van der Waals surface area contributed by atoms with Gasteiger partial charge in [0, 0.05) is 12.6 Å². The number of nitrogens with one attached hydrogen (secondary N) is 1. The summed E-state index contributed by atoms with van der Waals surface area (Å²) < 4.78 is 13.8. The molecule has 0 spiro atoms. The van der Waals surface area contributed by atoms with Crippen molar-refractivity contribution in [3.8, 4) is 0 Å². The van der Waals surface area contributed by atoms with Crippen molar-refractivity contribution in [1.29, 1.82) is 0 Å². The van der Waals surface area contributed by atoms with E-state index in [9.17, 15) is 4.39 Å². The Balaban J connectivity index is 1.77. The second-order valence-corrected chi connectivity index (χ2v) is 5.54. The van der Waals surface area contributed by atoms with Gasteiger partial charge in [0.1, 0.15) is 5.82 Å². The summed E-state index contributed by atoms with van der Waals surface area (Å²) in [5.41, 5.74) is 7.08. The maximum atomic E-state index is 13.4. The van der Waals surface area contributed by atoms with Crippen molar-refractivity contribution in [3.63, 3.8) is 0 Å². The third-order valence-electron chi connectivity index (χ3n) is 3.26. The average Bonchev–Trinajstić information content (AvgIpc) is 2.84. The number of nitrogen functional groups attached to an aromatic ring is 1. The molecular weight excluding hydrogens is 297 g/mol. The van der Waals surface area contributed by atoms with Crippen LogP contribution in [-0.4, -0.2) is 31.1 Å². The molecule has 1 saturated heterocycles. The zero-order chi connectivity index (χ0) is 13.0. The summed E-state index contributed by atoms with van der Waals surface area (Å²) in [6.45, 7) is 4.36. The summed E-state index contributed by atoms with van der Waals surface area (Å²) in [6, 6.07) is 3.04. The second kappa shape index (κ2) is 6.38. The molecule has 0 aromatic heterocycles. The zero-order valence-corrected chi connectivity index (χ0v) is 12.0. The largest absolute Gasteiger partial charge is 0.397 e. The predicted octanol–water partition coefficient (Wildman–Crippen LogP) is 3.07. The van der Waals surface area contributed by atoms with Crippen LogP contribution in [0.5, 0.6) is 0 Å². The molecule has 1 aromatic rings. The van der Waals surface area contributed by atoms with E-state index in [-0.39, 0.29) is 5.82 Å². The van der Waals surface area contributed by atoms with E-state index in [0.29, 0.717) is 15.8 Å². The third-order valence-corrected chi connectivity index (χ3v) is 3.87. The van der Waals surface area contributed by atoms with Crippen molar-refractivity contribution in [2.24, 2.45) is 0 Å². The van der Waals surface area contributed by atoms with Crippen LogP contribution in [0.3, 0.4) is 0 Å². The SMILES string of the molecule is Nc1cc(Br)c(F)cc1NCCCN1CCCC1. The average molecular weight is 316 g/mol. The first-order valence-corrected chi connectivity index (χ1v) is 7.17. The molecule has 0 aliphatic carbocycles. The van der Waals surface area contributed by atoms with Gasteiger partial charge >= 0.3 is 0 Å². The number of hydrogen-bond acceptors (Lipinski definition) is 3. The molecule has 1 fully saturated rings. The van der Waals surface area contributed by atoms with E-state index in [4.69, 9.17) is 5.73 Å². The zero-order valence-electron chi connectivity index (χ0n) is 10.4. The van der Waals surface area contributed by atoms with Crippen LogP contribution in [0.15, 0.2) is 16.6 Å². The van der Waals surface area contributed by atoms with Crippen molar-refractivity contribution < 1.29 is 4.39 Å². The van der Waals surface area contributed by atoms with E-state index in [0.717, 1.165) is 19.5 Å². The van der Waals surface area contributed by atoms with Crippen molar-refractivity contribution in [2.75, 3.05) is 37.2 Å². The minimum absolute atomic E-state index is 0.286. The summed E-state index contributed by atoms with van der Waals surface area (Å²) in [5, 5.41) is 3.19. The molecule has 1 aliphatic heterocycles. The fourth-order valence-electron chi connectivity index (χ4n) is 2.25. The highest BCUT2D eigenvalue weighted by Gasteiger charge is 2.10. The Morgan fingerprint density at radius 2 is 2.06 bits per heavy atom. The van der Waals surface area contributed by atoms with Gasteiger partial charge in [0.25, 0.3) is 0 Å². The first kappa shape index (κ1) is 13.6. The minimum Gasteiger partial charge on any atom is -0.397 e. The fraction of sp³-hybridized carbons (Fsp3) is 0.538. The Morgan fingerprint density at radius 1 is 1.33 bits per heavy atom. The highest BCUT2D eigenvalue weighted by Crippen LogP contribution is 2.26. The molecule has 0 unspecified atom stereocenters. The molecule has 1 heterocycles. The standard InChI is InChI=1S/C13H19BrFN3/c14-10-8-12(16)13(9-11(10)15)17-4-3-7-18-5-1-2-6-18/h8-9,17H,1-7,16H2. The quantitative estimate of drug-likeness (QED) is 0.648. The lowest BCUT2D eigenvalue weighted by Crippen LogP contribution is -2.22. The van der Waals surface area contributed by atoms with Crippen LogP contribution < -0.4 is 11.1 Å². The van der Waals surface area contributed by atoms with Gasteiger partial charge in [-0.05, 0) is 60.9 Å². The van der Waals surface area contributed by atoms with Gasteiger partial charge in [0.2, 0.25) is 0 Å². The van der Waals surface area contributed by atoms with Gasteiger partial charge < -0.3 is 16.0 Å². The van der Waals surface area contributed by atoms with Crippen molar-refractivity contribution in [3.05, 3.63) is 22.4 Å². The lowest BCUT2D eigenvalue weighted by molar-refractivity contribution is 0.337. The molecule has 100 valence electrons. The fourth-order valence-corrected chi connectivity index (χ4v) is 2.61. The highest BCUT2D eigenvalue weighted by atomic mass is 79.9. The molecule has 5 heteroatoms. The van der Waals surface area contributed by atoms with Crippen LogP contribution in [-0.2, 0) is 0 Å². The van der Waals surface area contributed by atoms with Gasteiger partial charge in [-0.2, -0.15) is 0 Å². The number of anilines is 2.